The molecule has 4 heterocycles. The maximum atomic E-state index is 6.44. The number of ether oxygens (including phenoxy) is 2. The Morgan fingerprint density at radius 2 is 0.902 bits per heavy atom. The first kappa shape index (κ1) is 42.9. The molecular formula is C52H66N4O2S3. The Bertz CT molecular complexity index is 2490. The van der Waals surface area contributed by atoms with Gasteiger partial charge in [-0.3, -0.25) is 0 Å². The third-order valence-corrected chi connectivity index (χ3v) is 16.8. The highest BCUT2D eigenvalue weighted by Gasteiger charge is 2.50. The topological polar surface area (TPSA) is 70.0 Å². The van der Waals surface area contributed by atoms with Gasteiger partial charge in [0.25, 0.3) is 0 Å². The Kier molecular flexibility index (Phi) is 12.9. The van der Waals surface area contributed by atoms with Gasteiger partial charge in [0.1, 0.15) is 35.3 Å². The van der Waals surface area contributed by atoms with Crippen molar-refractivity contribution in [2.75, 3.05) is 13.2 Å². The highest BCUT2D eigenvalue weighted by atomic mass is 32.1. The molecule has 3 aromatic heterocycles. The quantitative estimate of drug-likeness (QED) is 0.0671. The summed E-state index contributed by atoms with van der Waals surface area (Å²) < 4.78 is 33.2. The number of benzene rings is 3. The summed E-state index contributed by atoms with van der Waals surface area (Å²) in [7, 11) is 0. The highest BCUT2D eigenvalue weighted by molar-refractivity contribution is 7.16. The SMILES string of the molecule is CCCCCCC1(CCCCCC)c2cc3c(cc2-c2c1cc(C)c1nsnc21)C(CCCCCC)(CCCCCC)c1cc(-c2sc(C)c4c2OCCO4)c2nsnc2c1-3. The lowest BCUT2D eigenvalue weighted by Crippen LogP contribution is -2.27. The minimum Gasteiger partial charge on any atom is -0.485 e. The van der Waals surface area contributed by atoms with Crippen LogP contribution in [-0.2, 0) is 10.8 Å². The summed E-state index contributed by atoms with van der Waals surface area (Å²) in [5.41, 5.74) is 18.1. The van der Waals surface area contributed by atoms with Crippen LogP contribution in [0, 0.1) is 13.8 Å². The zero-order valence-electron chi connectivity index (χ0n) is 37.7. The van der Waals surface area contributed by atoms with Gasteiger partial charge in [0, 0.05) is 32.4 Å². The van der Waals surface area contributed by atoms with E-state index < -0.39 is 0 Å². The van der Waals surface area contributed by atoms with Crippen molar-refractivity contribution in [2.24, 2.45) is 0 Å². The molecule has 0 spiro atoms. The van der Waals surface area contributed by atoms with E-state index in [-0.39, 0.29) is 10.8 Å². The number of aryl methyl sites for hydroxylation is 2. The van der Waals surface area contributed by atoms with Crippen molar-refractivity contribution in [3.8, 4) is 44.2 Å². The van der Waals surface area contributed by atoms with Gasteiger partial charge in [-0.2, -0.15) is 17.5 Å². The van der Waals surface area contributed by atoms with E-state index in [2.05, 4.69) is 65.8 Å². The predicted molar refractivity (Wildman–Crippen MR) is 260 cm³/mol. The first-order chi connectivity index (χ1) is 29.9. The summed E-state index contributed by atoms with van der Waals surface area (Å²) in [5.74, 6) is 1.79. The van der Waals surface area contributed by atoms with Gasteiger partial charge < -0.3 is 9.47 Å². The van der Waals surface area contributed by atoms with E-state index in [0.29, 0.717) is 13.2 Å². The number of hydrogen-bond acceptors (Lipinski definition) is 9. The standard InChI is InChI=1S/C52H66N4O2S3/c1-7-11-15-19-23-51(24-20-16-12-8-2)38-31-36-39(30-35(38)42-40(51)29-33(5)44-46(42)55-60-53-44)52(25-21-17-13-9-3,26-22-18-14-10-4)41-32-37(45-47(43(36)41)56-61-54-45)50-49-48(34(6)59-50)57-27-28-58-49/h29-32H,7-28H2,1-6H3. The van der Waals surface area contributed by atoms with Gasteiger partial charge in [0.2, 0.25) is 0 Å². The lowest BCUT2D eigenvalue weighted by atomic mass is 9.68. The molecule has 0 saturated heterocycles. The summed E-state index contributed by atoms with van der Waals surface area (Å²) in [4.78, 5) is 2.30. The molecule has 3 aromatic carbocycles. The maximum absolute atomic E-state index is 6.44. The number of aromatic nitrogens is 4. The molecule has 0 fully saturated rings. The lowest BCUT2D eigenvalue weighted by molar-refractivity contribution is 0.173. The summed E-state index contributed by atoms with van der Waals surface area (Å²) in [6.07, 6.45) is 24.6. The Labute approximate surface area is 376 Å². The van der Waals surface area contributed by atoms with Gasteiger partial charge >= 0.3 is 0 Å². The number of thiophene rings is 1. The lowest BCUT2D eigenvalue weighted by Gasteiger charge is -2.35. The molecule has 61 heavy (non-hydrogen) atoms. The number of rotatable bonds is 21. The molecular weight excluding hydrogens is 809 g/mol. The third-order valence-electron chi connectivity index (χ3n) is 14.7. The fraction of sp³-hybridized carbons (Fsp3) is 0.577. The third kappa shape index (κ3) is 7.34. The minimum atomic E-state index is -0.144. The smallest absolute Gasteiger partial charge is 0.180 e. The molecule has 0 saturated carbocycles. The predicted octanol–water partition coefficient (Wildman–Crippen LogP) is 16.2. The molecule has 1 aliphatic heterocycles. The van der Waals surface area contributed by atoms with Gasteiger partial charge in [-0.25, -0.2) is 0 Å². The monoisotopic (exact) mass is 874 g/mol. The van der Waals surface area contributed by atoms with Gasteiger partial charge in [-0.15, -0.1) is 11.3 Å². The van der Waals surface area contributed by atoms with Gasteiger partial charge in [0.15, 0.2) is 11.5 Å². The van der Waals surface area contributed by atoms with Crippen LogP contribution in [0.4, 0.5) is 0 Å². The largest absolute Gasteiger partial charge is 0.485 e. The van der Waals surface area contributed by atoms with E-state index in [0.717, 1.165) is 61.7 Å². The van der Waals surface area contributed by atoms with E-state index >= 15 is 0 Å². The maximum Gasteiger partial charge on any atom is 0.180 e. The van der Waals surface area contributed by atoms with Crippen molar-refractivity contribution in [3.05, 3.63) is 57.0 Å². The minimum absolute atomic E-state index is 0.0678. The van der Waals surface area contributed by atoms with Crippen LogP contribution in [0.5, 0.6) is 11.5 Å². The van der Waals surface area contributed by atoms with Crippen molar-refractivity contribution < 1.29 is 9.47 Å². The van der Waals surface area contributed by atoms with Gasteiger partial charge in [0.05, 0.1) is 28.3 Å². The van der Waals surface area contributed by atoms with Crippen molar-refractivity contribution >= 4 is 56.9 Å². The van der Waals surface area contributed by atoms with E-state index in [4.69, 9.17) is 27.0 Å². The van der Waals surface area contributed by atoms with Crippen LogP contribution < -0.4 is 9.47 Å². The van der Waals surface area contributed by atoms with Crippen molar-refractivity contribution in [3.63, 3.8) is 0 Å². The van der Waals surface area contributed by atoms with E-state index in [9.17, 15) is 0 Å². The Morgan fingerprint density at radius 3 is 1.41 bits per heavy atom. The summed E-state index contributed by atoms with van der Waals surface area (Å²) in [6, 6.07) is 10.5. The van der Waals surface area contributed by atoms with Gasteiger partial charge in [-0.1, -0.05) is 136 Å². The second kappa shape index (κ2) is 18.4. The first-order valence-electron chi connectivity index (χ1n) is 24.1. The second-order valence-corrected chi connectivity index (χ2v) is 20.9. The molecule has 0 amide bonds. The van der Waals surface area contributed by atoms with Crippen LogP contribution in [-0.4, -0.2) is 30.7 Å². The zero-order chi connectivity index (χ0) is 42.1. The summed E-state index contributed by atoms with van der Waals surface area (Å²) >= 11 is 4.54. The molecule has 2 aliphatic carbocycles. The van der Waals surface area contributed by atoms with Crippen LogP contribution in [0.15, 0.2) is 24.3 Å². The second-order valence-electron chi connectivity index (χ2n) is 18.6. The molecule has 0 radical (unpaired) electrons. The van der Waals surface area contributed by atoms with E-state index in [1.807, 2.05) is 0 Å². The molecule has 9 rings (SSSR count). The normalized spacial score (nSPS) is 15.4. The number of fused-ring (bicyclic) bond motifs is 11. The van der Waals surface area contributed by atoms with Crippen LogP contribution in [0.1, 0.15) is 189 Å². The number of hydrogen-bond donors (Lipinski definition) is 0. The molecule has 0 atom stereocenters. The Hall–Kier alpha value is -3.40. The summed E-state index contributed by atoms with van der Waals surface area (Å²) in [5, 5.41) is 0. The van der Waals surface area contributed by atoms with Crippen LogP contribution in [0.25, 0.3) is 54.8 Å². The Balaban J connectivity index is 1.33. The zero-order valence-corrected chi connectivity index (χ0v) is 40.1. The van der Waals surface area contributed by atoms with Crippen LogP contribution in [0.3, 0.4) is 0 Å². The van der Waals surface area contributed by atoms with Crippen LogP contribution >= 0.6 is 34.8 Å². The van der Waals surface area contributed by atoms with Crippen molar-refractivity contribution in [1.82, 2.24) is 17.5 Å². The molecule has 6 nitrogen and oxygen atoms in total. The molecule has 6 aromatic rings. The van der Waals surface area contributed by atoms with E-state index in [1.54, 1.807) is 11.3 Å². The molecule has 0 N–H and O–H groups in total. The Morgan fingerprint density at radius 1 is 0.475 bits per heavy atom. The summed E-state index contributed by atoms with van der Waals surface area (Å²) in [6.45, 7) is 14.9. The molecule has 0 bridgehead atoms. The molecule has 324 valence electrons. The van der Waals surface area contributed by atoms with Crippen LogP contribution in [0.2, 0.25) is 0 Å². The molecule has 3 aliphatic rings. The average Bonchev–Trinajstić information content (AvgIpc) is 4.11. The average molecular weight is 875 g/mol. The van der Waals surface area contributed by atoms with Gasteiger partial charge in [-0.05, 0) is 96.7 Å². The fourth-order valence-corrected chi connectivity index (χ4v) is 13.9. The number of unbranched alkanes of at least 4 members (excludes halogenated alkanes) is 12. The molecule has 0 unspecified atom stereocenters. The number of nitrogens with zero attached hydrogens (tertiary/aromatic N) is 4. The highest BCUT2D eigenvalue weighted by Crippen LogP contribution is 2.64. The molecule has 9 heteroatoms. The first-order valence-corrected chi connectivity index (χ1v) is 26.3. The van der Waals surface area contributed by atoms with E-state index in [1.165, 1.54) is 189 Å². The van der Waals surface area contributed by atoms with Crippen molar-refractivity contribution in [1.29, 1.82) is 0 Å². The fourth-order valence-electron chi connectivity index (χ4n) is 11.6. The van der Waals surface area contributed by atoms with Crippen molar-refractivity contribution in [2.45, 2.75) is 181 Å².